The van der Waals surface area contributed by atoms with Crippen LogP contribution in [0.3, 0.4) is 0 Å². The lowest BCUT2D eigenvalue weighted by Gasteiger charge is -2.20. The number of benzene rings is 2. The number of hydrogen-bond acceptors (Lipinski definition) is 3. The molecule has 0 fully saturated rings. The Hall–Kier alpha value is -2.55. The second-order valence-corrected chi connectivity index (χ2v) is 9.71. The van der Waals surface area contributed by atoms with E-state index in [1.807, 2.05) is 0 Å². The molecule has 2 aromatic rings. The monoisotopic (exact) mass is 414 g/mol. The number of alkyl halides is 3. The van der Waals surface area contributed by atoms with Crippen molar-refractivity contribution in [1.29, 1.82) is 0 Å². The van der Waals surface area contributed by atoms with Crippen LogP contribution in [0.5, 0.6) is 0 Å². The summed E-state index contributed by atoms with van der Waals surface area (Å²) in [5, 5.41) is 2.52. The molecule has 0 heterocycles. The Balaban J connectivity index is 2.13. The van der Waals surface area contributed by atoms with Crippen molar-refractivity contribution in [2.24, 2.45) is 0 Å². The van der Waals surface area contributed by atoms with Crippen molar-refractivity contribution in [3.63, 3.8) is 0 Å². The van der Waals surface area contributed by atoms with Crippen LogP contribution in [0.1, 0.15) is 42.3 Å². The van der Waals surface area contributed by atoms with E-state index in [4.69, 9.17) is 0 Å². The highest BCUT2D eigenvalue weighted by Gasteiger charge is 2.32. The second-order valence-electron chi connectivity index (χ2n) is 7.28. The molecule has 2 aromatic carbocycles. The summed E-state index contributed by atoms with van der Waals surface area (Å²) in [5.41, 5.74) is -0.000613. The van der Waals surface area contributed by atoms with Crippen molar-refractivity contribution in [2.45, 2.75) is 38.6 Å². The summed E-state index contributed by atoms with van der Waals surface area (Å²) < 4.78 is 64.1. The second kappa shape index (κ2) is 7.46. The van der Waals surface area contributed by atoms with Gasteiger partial charge in [0.1, 0.15) is 0 Å². The molecule has 0 bridgehead atoms. The van der Waals surface area contributed by atoms with Crippen molar-refractivity contribution < 1.29 is 26.4 Å². The molecule has 28 heavy (non-hydrogen) atoms. The number of amides is 1. The minimum absolute atomic E-state index is 0.00256. The summed E-state index contributed by atoms with van der Waals surface area (Å²) in [6.45, 7) is 5.99. The SMILES string of the molecule is Cc1cc(NC(=O)c2ccc(NS(=O)(=O)C(C)(C)C)cc2)ccc1C(F)(F)F. The number of sulfonamides is 1. The van der Waals surface area contributed by atoms with Crippen LogP contribution in [-0.2, 0) is 16.2 Å². The number of aryl methyl sites for hydroxylation is 1. The first-order chi connectivity index (χ1) is 12.7. The Kier molecular flexibility index (Phi) is 5.79. The third kappa shape index (κ3) is 5.03. The molecule has 2 N–H and O–H groups in total. The first kappa shape index (κ1) is 21.7. The maximum absolute atomic E-state index is 12.8. The van der Waals surface area contributed by atoms with E-state index >= 15 is 0 Å². The number of carbonyl (C=O) groups is 1. The van der Waals surface area contributed by atoms with E-state index in [0.717, 1.165) is 6.07 Å². The van der Waals surface area contributed by atoms with Crippen LogP contribution in [0.2, 0.25) is 0 Å². The van der Waals surface area contributed by atoms with Gasteiger partial charge in [-0.25, -0.2) is 8.42 Å². The minimum Gasteiger partial charge on any atom is -0.322 e. The van der Waals surface area contributed by atoms with Gasteiger partial charge in [0.05, 0.1) is 10.3 Å². The Bertz CT molecular complexity index is 977. The smallest absolute Gasteiger partial charge is 0.322 e. The van der Waals surface area contributed by atoms with Gasteiger partial charge in [-0.1, -0.05) is 0 Å². The van der Waals surface area contributed by atoms with Crippen LogP contribution >= 0.6 is 0 Å². The molecule has 1 amide bonds. The Labute approximate surface area is 162 Å². The Morgan fingerprint density at radius 1 is 0.929 bits per heavy atom. The summed E-state index contributed by atoms with van der Waals surface area (Å²) >= 11 is 0. The third-order valence-corrected chi connectivity index (χ3v) is 6.11. The van der Waals surface area contributed by atoms with Crippen LogP contribution < -0.4 is 10.0 Å². The third-order valence-electron chi connectivity index (χ3n) is 4.00. The molecule has 0 saturated heterocycles. The van der Waals surface area contributed by atoms with Crippen molar-refractivity contribution in [3.8, 4) is 0 Å². The van der Waals surface area contributed by atoms with E-state index in [0.29, 0.717) is 5.69 Å². The van der Waals surface area contributed by atoms with Gasteiger partial charge < -0.3 is 5.32 Å². The van der Waals surface area contributed by atoms with Gasteiger partial charge in [0, 0.05) is 16.9 Å². The van der Waals surface area contributed by atoms with Crippen molar-refractivity contribution in [1.82, 2.24) is 0 Å². The number of rotatable bonds is 4. The maximum atomic E-state index is 12.8. The highest BCUT2D eigenvalue weighted by atomic mass is 32.2. The molecule has 0 aromatic heterocycles. The molecule has 0 spiro atoms. The van der Waals surface area contributed by atoms with Crippen LogP contribution in [-0.4, -0.2) is 19.1 Å². The maximum Gasteiger partial charge on any atom is 0.416 e. The number of nitrogens with one attached hydrogen (secondary N) is 2. The molecule has 2 rings (SSSR count). The summed E-state index contributed by atoms with van der Waals surface area (Å²) in [6.07, 6.45) is -4.46. The van der Waals surface area contributed by atoms with Gasteiger partial charge in [-0.15, -0.1) is 0 Å². The van der Waals surface area contributed by atoms with Gasteiger partial charge in [0.25, 0.3) is 5.91 Å². The summed E-state index contributed by atoms with van der Waals surface area (Å²) in [7, 11) is -3.60. The van der Waals surface area contributed by atoms with E-state index in [9.17, 15) is 26.4 Å². The number of carbonyl (C=O) groups excluding carboxylic acids is 1. The van der Waals surface area contributed by atoms with E-state index < -0.39 is 32.4 Å². The summed E-state index contributed by atoms with van der Waals surface area (Å²) in [6, 6.07) is 9.06. The van der Waals surface area contributed by atoms with Gasteiger partial charge in [-0.2, -0.15) is 13.2 Å². The molecule has 0 aliphatic heterocycles. The lowest BCUT2D eigenvalue weighted by molar-refractivity contribution is -0.138. The fourth-order valence-corrected chi connectivity index (χ4v) is 3.01. The predicted octanol–water partition coefficient (Wildman–Crippen LogP) is 4.81. The summed E-state index contributed by atoms with van der Waals surface area (Å²) in [4.78, 5) is 12.3. The first-order valence-electron chi connectivity index (χ1n) is 8.32. The van der Waals surface area contributed by atoms with E-state index in [1.54, 1.807) is 20.8 Å². The lowest BCUT2D eigenvalue weighted by Crippen LogP contribution is -2.33. The molecular formula is C19H21F3N2O3S. The molecule has 0 aliphatic carbocycles. The predicted molar refractivity (Wildman–Crippen MR) is 103 cm³/mol. The van der Waals surface area contributed by atoms with Gasteiger partial charge in [-0.05, 0) is 75.7 Å². The fourth-order valence-electron chi connectivity index (χ4n) is 2.26. The topological polar surface area (TPSA) is 75.3 Å². The zero-order valence-electron chi connectivity index (χ0n) is 15.8. The van der Waals surface area contributed by atoms with Crippen molar-refractivity contribution >= 4 is 27.3 Å². The zero-order valence-corrected chi connectivity index (χ0v) is 16.6. The lowest BCUT2D eigenvalue weighted by atomic mass is 10.1. The number of halogens is 3. The van der Waals surface area contributed by atoms with Gasteiger partial charge in [-0.3, -0.25) is 9.52 Å². The zero-order chi connectivity index (χ0) is 21.3. The minimum atomic E-state index is -4.46. The summed E-state index contributed by atoms with van der Waals surface area (Å²) in [5.74, 6) is -0.524. The highest BCUT2D eigenvalue weighted by molar-refractivity contribution is 7.94. The Morgan fingerprint density at radius 2 is 1.46 bits per heavy atom. The molecule has 5 nitrogen and oxygen atoms in total. The van der Waals surface area contributed by atoms with Gasteiger partial charge in [0.15, 0.2) is 0 Å². The van der Waals surface area contributed by atoms with Crippen molar-refractivity contribution in [2.75, 3.05) is 10.0 Å². The van der Waals surface area contributed by atoms with Crippen LogP contribution in [0.15, 0.2) is 42.5 Å². The molecule has 0 atom stereocenters. The van der Waals surface area contributed by atoms with Crippen molar-refractivity contribution in [3.05, 3.63) is 59.2 Å². The van der Waals surface area contributed by atoms with E-state index in [2.05, 4.69) is 10.0 Å². The van der Waals surface area contributed by atoms with Crippen LogP contribution in [0.4, 0.5) is 24.5 Å². The number of hydrogen-bond donors (Lipinski definition) is 2. The molecule has 0 aliphatic rings. The fraction of sp³-hybridized carbons (Fsp3) is 0.316. The number of anilines is 2. The largest absolute Gasteiger partial charge is 0.416 e. The average molecular weight is 414 g/mol. The quantitative estimate of drug-likeness (QED) is 0.754. The molecule has 152 valence electrons. The molecule has 0 radical (unpaired) electrons. The highest BCUT2D eigenvalue weighted by Crippen LogP contribution is 2.33. The van der Waals surface area contributed by atoms with Crippen LogP contribution in [0.25, 0.3) is 0 Å². The van der Waals surface area contributed by atoms with Gasteiger partial charge in [0.2, 0.25) is 10.0 Å². The Morgan fingerprint density at radius 3 is 1.93 bits per heavy atom. The van der Waals surface area contributed by atoms with Crippen LogP contribution in [0, 0.1) is 6.92 Å². The first-order valence-corrected chi connectivity index (χ1v) is 9.81. The molecule has 0 saturated carbocycles. The van der Waals surface area contributed by atoms with E-state index in [1.165, 1.54) is 43.3 Å². The van der Waals surface area contributed by atoms with E-state index in [-0.39, 0.29) is 16.8 Å². The normalized spacial score (nSPS) is 12.5. The molecule has 9 heteroatoms. The standard InChI is InChI=1S/C19H21F3N2O3S/c1-12-11-15(9-10-16(12)19(20,21)22)23-17(25)13-5-7-14(8-6-13)24-28(26,27)18(2,3)4/h5-11,24H,1-4H3,(H,23,25). The van der Waals surface area contributed by atoms with Gasteiger partial charge >= 0.3 is 6.18 Å². The molecule has 0 unspecified atom stereocenters. The average Bonchev–Trinajstić information content (AvgIpc) is 2.52. The molecular weight excluding hydrogens is 393 g/mol.